The first-order valence-electron chi connectivity index (χ1n) is 7.91. The summed E-state index contributed by atoms with van der Waals surface area (Å²) in [5, 5.41) is 0. The SMILES string of the molecule is CC(C)(C)C1=Nc2cccc3c2C2N(C3)c3ccccc3N12. The smallest absolute Gasteiger partial charge is 0.136 e. The van der Waals surface area contributed by atoms with Crippen LogP contribution in [0.25, 0.3) is 0 Å². The summed E-state index contributed by atoms with van der Waals surface area (Å²) in [7, 11) is 0. The van der Waals surface area contributed by atoms with E-state index in [1.807, 2.05) is 0 Å². The summed E-state index contributed by atoms with van der Waals surface area (Å²) in [5.74, 6) is 1.17. The molecule has 1 unspecified atom stereocenters. The topological polar surface area (TPSA) is 18.8 Å². The van der Waals surface area contributed by atoms with Gasteiger partial charge in [0.15, 0.2) is 0 Å². The van der Waals surface area contributed by atoms with Gasteiger partial charge in [-0.25, -0.2) is 4.99 Å². The lowest BCUT2D eigenvalue weighted by Gasteiger charge is -2.38. The minimum Gasteiger partial charge on any atom is -0.341 e. The maximum atomic E-state index is 5.06. The second kappa shape index (κ2) is 3.72. The van der Waals surface area contributed by atoms with Crippen LogP contribution in [0.3, 0.4) is 0 Å². The fourth-order valence-electron chi connectivity index (χ4n) is 4.01. The zero-order valence-electron chi connectivity index (χ0n) is 13.2. The second-order valence-corrected chi connectivity index (χ2v) is 7.40. The highest BCUT2D eigenvalue weighted by atomic mass is 15.5. The van der Waals surface area contributed by atoms with Gasteiger partial charge in [0.05, 0.1) is 17.1 Å². The molecule has 0 aromatic heterocycles. The van der Waals surface area contributed by atoms with Crippen LogP contribution in [0.2, 0.25) is 0 Å². The third-order valence-corrected chi connectivity index (χ3v) is 4.89. The standard InChI is InChI=1S/C19H19N3/c1-19(2,3)18-20-13-8-6-7-12-11-21-14-9-4-5-10-15(14)22(18)17(21)16(12)13/h4-10,17H,11H2,1-3H3. The first-order chi connectivity index (χ1) is 10.6. The Kier molecular flexibility index (Phi) is 2.08. The number of hydrogen-bond acceptors (Lipinski definition) is 3. The quantitative estimate of drug-likeness (QED) is 0.705. The molecule has 110 valence electrons. The fourth-order valence-corrected chi connectivity index (χ4v) is 4.01. The summed E-state index contributed by atoms with van der Waals surface area (Å²) in [6.07, 6.45) is 0.287. The summed E-state index contributed by atoms with van der Waals surface area (Å²) in [6.45, 7) is 7.73. The van der Waals surface area contributed by atoms with Crippen LogP contribution in [0.4, 0.5) is 17.1 Å². The van der Waals surface area contributed by atoms with Crippen LogP contribution < -0.4 is 9.80 Å². The summed E-state index contributed by atoms with van der Waals surface area (Å²) in [5.41, 5.74) is 6.60. The molecule has 3 heteroatoms. The van der Waals surface area contributed by atoms with E-state index in [0.717, 1.165) is 12.2 Å². The van der Waals surface area contributed by atoms with Crippen molar-refractivity contribution in [1.82, 2.24) is 0 Å². The molecule has 0 amide bonds. The number of hydrogen-bond donors (Lipinski definition) is 0. The maximum Gasteiger partial charge on any atom is 0.136 e. The van der Waals surface area contributed by atoms with Gasteiger partial charge < -0.3 is 9.80 Å². The average Bonchev–Trinajstić information content (AvgIpc) is 3.01. The van der Waals surface area contributed by atoms with Crippen LogP contribution in [-0.4, -0.2) is 5.84 Å². The van der Waals surface area contributed by atoms with Crippen LogP contribution >= 0.6 is 0 Å². The Balaban J connectivity index is 1.85. The zero-order chi connectivity index (χ0) is 15.1. The molecule has 0 spiro atoms. The van der Waals surface area contributed by atoms with Crippen molar-refractivity contribution in [1.29, 1.82) is 0 Å². The van der Waals surface area contributed by atoms with Crippen molar-refractivity contribution in [3.63, 3.8) is 0 Å². The summed E-state index contributed by atoms with van der Waals surface area (Å²) >= 11 is 0. The van der Waals surface area contributed by atoms with Crippen molar-refractivity contribution in [2.45, 2.75) is 33.5 Å². The van der Waals surface area contributed by atoms with E-state index in [0.29, 0.717) is 0 Å². The molecule has 0 radical (unpaired) electrons. The minimum absolute atomic E-state index is 0.0133. The highest BCUT2D eigenvalue weighted by molar-refractivity contribution is 6.10. The van der Waals surface area contributed by atoms with Crippen molar-refractivity contribution in [3.05, 3.63) is 53.6 Å². The largest absolute Gasteiger partial charge is 0.341 e. The molecule has 0 saturated carbocycles. The predicted molar refractivity (Wildman–Crippen MR) is 90.8 cm³/mol. The van der Waals surface area contributed by atoms with Crippen LogP contribution in [-0.2, 0) is 6.54 Å². The molecule has 3 nitrogen and oxygen atoms in total. The Hall–Kier alpha value is -2.29. The average molecular weight is 289 g/mol. The molecule has 2 aromatic rings. The first kappa shape index (κ1) is 12.3. The molecule has 5 rings (SSSR count). The third-order valence-electron chi connectivity index (χ3n) is 4.89. The van der Waals surface area contributed by atoms with Crippen LogP contribution in [0, 0.1) is 5.41 Å². The molecule has 0 bridgehead atoms. The first-order valence-corrected chi connectivity index (χ1v) is 7.91. The van der Waals surface area contributed by atoms with Gasteiger partial charge in [0, 0.05) is 17.5 Å². The van der Waals surface area contributed by atoms with Crippen LogP contribution in [0.1, 0.15) is 38.1 Å². The number of anilines is 2. The van der Waals surface area contributed by atoms with Crippen LogP contribution in [0.15, 0.2) is 47.5 Å². The van der Waals surface area contributed by atoms with E-state index in [1.165, 1.54) is 28.3 Å². The van der Waals surface area contributed by atoms with Crippen molar-refractivity contribution >= 4 is 22.9 Å². The maximum absolute atomic E-state index is 5.06. The van der Waals surface area contributed by atoms with Gasteiger partial charge in [0.1, 0.15) is 12.0 Å². The molecule has 0 saturated heterocycles. The number of nitrogens with zero attached hydrogens (tertiary/aromatic N) is 3. The predicted octanol–water partition coefficient (Wildman–Crippen LogP) is 4.62. The number of fused-ring (bicyclic) bond motifs is 3. The van der Waals surface area contributed by atoms with Crippen molar-refractivity contribution in [3.8, 4) is 0 Å². The van der Waals surface area contributed by atoms with Gasteiger partial charge in [0.25, 0.3) is 0 Å². The van der Waals surface area contributed by atoms with Crippen molar-refractivity contribution in [2.24, 2.45) is 10.4 Å². The number of benzene rings is 2. The number of amidine groups is 1. The lowest BCUT2D eigenvalue weighted by molar-refractivity contribution is 0.560. The minimum atomic E-state index is 0.0133. The highest BCUT2D eigenvalue weighted by Crippen LogP contribution is 2.56. The Morgan fingerprint density at radius 1 is 1.00 bits per heavy atom. The Labute approximate surface area is 130 Å². The molecule has 1 atom stereocenters. The van der Waals surface area contributed by atoms with Crippen molar-refractivity contribution < 1.29 is 0 Å². The molecule has 2 aromatic carbocycles. The Morgan fingerprint density at radius 2 is 1.77 bits per heavy atom. The highest BCUT2D eigenvalue weighted by Gasteiger charge is 2.49. The third kappa shape index (κ3) is 1.34. The molecule has 3 heterocycles. The molecule has 0 fully saturated rings. The van der Waals surface area contributed by atoms with Gasteiger partial charge in [-0.05, 0) is 23.8 Å². The monoisotopic (exact) mass is 289 g/mol. The number of rotatable bonds is 0. The van der Waals surface area contributed by atoms with Gasteiger partial charge in [-0.1, -0.05) is 45.0 Å². The zero-order valence-corrected chi connectivity index (χ0v) is 13.2. The number of aliphatic imine (C=N–C) groups is 1. The number of para-hydroxylation sites is 2. The second-order valence-electron chi connectivity index (χ2n) is 7.40. The molecule has 0 N–H and O–H groups in total. The Morgan fingerprint density at radius 3 is 2.55 bits per heavy atom. The van der Waals surface area contributed by atoms with Crippen molar-refractivity contribution in [2.75, 3.05) is 9.80 Å². The molecule has 3 aliphatic heterocycles. The lowest BCUT2D eigenvalue weighted by Crippen LogP contribution is -2.44. The summed E-state index contributed by atoms with van der Waals surface area (Å²) < 4.78 is 0. The molecular weight excluding hydrogens is 270 g/mol. The van der Waals surface area contributed by atoms with Crippen LogP contribution in [0.5, 0.6) is 0 Å². The fraction of sp³-hybridized carbons (Fsp3) is 0.316. The van der Waals surface area contributed by atoms with E-state index in [1.54, 1.807) is 0 Å². The molecule has 3 aliphatic rings. The normalized spacial score (nSPS) is 20.9. The van der Waals surface area contributed by atoms with E-state index >= 15 is 0 Å². The van der Waals surface area contributed by atoms with E-state index in [2.05, 4.69) is 73.0 Å². The molecule has 0 aliphatic carbocycles. The van der Waals surface area contributed by atoms with E-state index in [-0.39, 0.29) is 11.6 Å². The summed E-state index contributed by atoms with van der Waals surface area (Å²) in [4.78, 5) is 10.0. The summed E-state index contributed by atoms with van der Waals surface area (Å²) in [6, 6.07) is 15.3. The Bertz CT molecular complexity index is 829. The van der Waals surface area contributed by atoms with Gasteiger partial charge in [-0.2, -0.15) is 0 Å². The molecular formula is C19H19N3. The van der Waals surface area contributed by atoms with Gasteiger partial charge in [-0.15, -0.1) is 0 Å². The van der Waals surface area contributed by atoms with E-state index in [9.17, 15) is 0 Å². The van der Waals surface area contributed by atoms with Gasteiger partial charge in [-0.3, -0.25) is 0 Å². The molecule has 22 heavy (non-hydrogen) atoms. The lowest BCUT2D eigenvalue weighted by atomic mass is 9.91. The van der Waals surface area contributed by atoms with Gasteiger partial charge >= 0.3 is 0 Å². The van der Waals surface area contributed by atoms with E-state index in [4.69, 9.17) is 4.99 Å². The van der Waals surface area contributed by atoms with Gasteiger partial charge in [0.2, 0.25) is 0 Å². The van der Waals surface area contributed by atoms with E-state index < -0.39 is 0 Å².